The van der Waals surface area contributed by atoms with Crippen LogP contribution in [-0.2, 0) is 6.54 Å². The van der Waals surface area contributed by atoms with Crippen molar-refractivity contribution in [1.29, 1.82) is 5.26 Å². The maximum Gasteiger partial charge on any atom is 0.335 e. The molecule has 1 aliphatic carbocycles. The van der Waals surface area contributed by atoms with Crippen LogP contribution in [-0.4, -0.2) is 28.6 Å². The number of carbonyl (C=O) groups is 1. The second-order valence-electron chi connectivity index (χ2n) is 4.61. The molecule has 0 radical (unpaired) electrons. The average molecular weight is 244 g/mol. The molecule has 0 spiro atoms. The Labute approximate surface area is 106 Å². The van der Waals surface area contributed by atoms with Crippen molar-refractivity contribution in [3.63, 3.8) is 0 Å². The first-order valence-electron chi connectivity index (χ1n) is 6.14. The summed E-state index contributed by atoms with van der Waals surface area (Å²) in [5.74, 6) is -0.898. The van der Waals surface area contributed by atoms with Crippen molar-refractivity contribution in [3.05, 3.63) is 35.4 Å². The van der Waals surface area contributed by atoms with E-state index in [4.69, 9.17) is 10.4 Å². The zero-order valence-corrected chi connectivity index (χ0v) is 10.2. The molecule has 0 aliphatic heterocycles. The molecule has 1 N–H and O–H groups in total. The van der Waals surface area contributed by atoms with Crippen LogP contribution in [0.5, 0.6) is 0 Å². The highest BCUT2D eigenvalue weighted by Gasteiger charge is 2.28. The molecule has 2 rings (SSSR count). The first-order valence-corrected chi connectivity index (χ1v) is 6.14. The lowest BCUT2D eigenvalue weighted by Gasteiger charge is -2.20. The Morgan fingerprint density at radius 2 is 2.06 bits per heavy atom. The van der Waals surface area contributed by atoms with E-state index >= 15 is 0 Å². The summed E-state index contributed by atoms with van der Waals surface area (Å²) < 4.78 is 0. The van der Waals surface area contributed by atoms with E-state index in [0.717, 1.165) is 18.7 Å². The fourth-order valence-electron chi connectivity index (χ4n) is 2.01. The summed E-state index contributed by atoms with van der Waals surface area (Å²) in [4.78, 5) is 13.1. The van der Waals surface area contributed by atoms with Crippen LogP contribution in [0.25, 0.3) is 0 Å². The number of nitrogens with zero attached hydrogens (tertiary/aromatic N) is 2. The maximum atomic E-state index is 10.7. The molecule has 18 heavy (non-hydrogen) atoms. The third kappa shape index (κ3) is 3.31. The predicted molar refractivity (Wildman–Crippen MR) is 67.1 cm³/mol. The standard InChI is InChI=1S/C14H16N2O2/c15-8-1-9-16(13-6-7-13)10-11-2-4-12(5-3-11)14(17)18/h2-5,13H,1,6-7,9-10H2,(H,17,18). The quantitative estimate of drug-likeness (QED) is 0.833. The lowest BCUT2D eigenvalue weighted by Crippen LogP contribution is -2.26. The zero-order chi connectivity index (χ0) is 13.0. The molecule has 0 atom stereocenters. The predicted octanol–water partition coefficient (Wildman–Crippen LogP) is 2.26. The number of hydrogen-bond donors (Lipinski definition) is 1. The Balaban J connectivity index is 1.98. The van der Waals surface area contributed by atoms with Crippen molar-refractivity contribution in [1.82, 2.24) is 4.90 Å². The van der Waals surface area contributed by atoms with Crippen molar-refractivity contribution < 1.29 is 9.90 Å². The monoisotopic (exact) mass is 244 g/mol. The van der Waals surface area contributed by atoms with Gasteiger partial charge < -0.3 is 5.11 Å². The Bertz CT molecular complexity index is 458. The Hall–Kier alpha value is -1.86. The normalized spacial score (nSPS) is 14.4. The molecule has 4 nitrogen and oxygen atoms in total. The van der Waals surface area contributed by atoms with Crippen molar-refractivity contribution in [3.8, 4) is 6.07 Å². The van der Waals surface area contributed by atoms with Crippen molar-refractivity contribution in [2.45, 2.75) is 31.8 Å². The average Bonchev–Trinajstić information content (AvgIpc) is 3.19. The maximum absolute atomic E-state index is 10.7. The summed E-state index contributed by atoms with van der Waals surface area (Å²) in [6.45, 7) is 1.59. The molecule has 1 fully saturated rings. The molecule has 0 bridgehead atoms. The summed E-state index contributed by atoms with van der Waals surface area (Å²) in [5.41, 5.74) is 1.42. The fraction of sp³-hybridized carbons (Fsp3) is 0.429. The zero-order valence-electron chi connectivity index (χ0n) is 10.2. The lowest BCUT2D eigenvalue weighted by molar-refractivity contribution is 0.0697. The minimum Gasteiger partial charge on any atom is -0.478 e. The van der Waals surface area contributed by atoms with E-state index in [1.807, 2.05) is 12.1 Å². The van der Waals surface area contributed by atoms with Gasteiger partial charge in [-0.25, -0.2) is 4.79 Å². The topological polar surface area (TPSA) is 64.3 Å². The van der Waals surface area contributed by atoms with Crippen molar-refractivity contribution in [2.24, 2.45) is 0 Å². The minimum atomic E-state index is -0.898. The van der Waals surface area contributed by atoms with Gasteiger partial charge in [-0.15, -0.1) is 0 Å². The molecule has 0 unspecified atom stereocenters. The van der Waals surface area contributed by atoms with Crippen LogP contribution in [0.2, 0.25) is 0 Å². The second-order valence-corrected chi connectivity index (χ2v) is 4.61. The Morgan fingerprint density at radius 3 is 2.56 bits per heavy atom. The third-order valence-corrected chi connectivity index (χ3v) is 3.16. The molecule has 0 heterocycles. The summed E-state index contributed by atoms with van der Waals surface area (Å²) in [6, 6.07) is 9.75. The minimum absolute atomic E-state index is 0.314. The number of aromatic carboxylic acids is 1. The van der Waals surface area contributed by atoms with E-state index in [1.54, 1.807) is 12.1 Å². The van der Waals surface area contributed by atoms with Gasteiger partial charge in [0, 0.05) is 25.6 Å². The summed E-state index contributed by atoms with van der Waals surface area (Å²) in [6.07, 6.45) is 2.96. The van der Waals surface area contributed by atoms with Gasteiger partial charge in [0.05, 0.1) is 11.6 Å². The van der Waals surface area contributed by atoms with E-state index in [2.05, 4.69) is 11.0 Å². The SMILES string of the molecule is N#CCCN(Cc1ccc(C(=O)O)cc1)C1CC1. The van der Waals surface area contributed by atoms with Gasteiger partial charge in [0.25, 0.3) is 0 Å². The Kier molecular flexibility index (Phi) is 3.96. The van der Waals surface area contributed by atoms with Gasteiger partial charge in [-0.1, -0.05) is 12.1 Å². The molecule has 1 aromatic carbocycles. The second kappa shape index (κ2) is 5.65. The fourth-order valence-corrected chi connectivity index (χ4v) is 2.01. The molecular formula is C14H16N2O2. The highest BCUT2D eigenvalue weighted by atomic mass is 16.4. The molecule has 0 saturated heterocycles. The number of rotatable bonds is 6. The van der Waals surface area contributed by atoms with Crippen molar-refractivity contribution in [2.75, 3.05) is 6.54 Å². The molecule has 1 saturated carbocycles. The van der Waals surface area contributed by atoms with Crippen LogP contribution in [0.4, 0.5) is 0 Å². The van der Waals surface area contributed by atoms with Gasteiger partial charge in [-0.05, 0) is 30.5 Å². The van der Waals surface area contributed by atoms with E-state index in [9.17, 15) is 4.79 Å². The lowest BCUT2D eigenvalue weighted by atomic mass is 10.1. The van der Waals surface area contributed by atoms with E-state index in [-0.39, 0.29) is 0 Å². The molecule has 94 valence electrons. The van der Waals surface area contributed by atoms with Gasteiger partial charge in [0.1, 0.15) is 0 Å². The smallest absolute Gasteiger partial charge is 0.335 e. The first kappa shape index (κ1) is 12.6. The van der Waals surface area contributed by atoms with Crippen molar-refractivity contribution >= 4 is 5.97 Å². The van der Waals surface area contributed by atoms with Crippen LogP contribution in [0.3, 0.4) is 0 Å². The largest absolute Gasteiger partial charge is 0.478 e. The number of benzene rings is 1. The highest BCUT2D eigenvalue weighted by molar-refractivity contribution is 5.87. The van der Waals surface area contributed by atoms with Crippen LogP contribution < -0.4 is 0 Å². The van der Waals surface area contributed by atoms with Gasteiger partial charge >= 0.3 is 5.97 Å². The van der Waals surface area contributed by atoms with Gasteiger partial charge in [-0.2, -0.15) is 5.26 Å². The van der Waals surface area contributed by atoms with Crippen LogP contribution in [0, 0.1) is 11.3 Å². The molecule has 4 heteroatoms. The number of nitriles is 1. The molecular weight excluding hydrogens is 228 g/mol. The van der Waals surface area contributed by atoms with E-state index in [1.165, 1.54) is 12.8 Å². The summed E-state index contributed by atoms with van der Waals surface area (Å²) >= 11 is 0. The van der Waals surface area contributed by atoms with Crippen LogP contribution >= 0.6 is 0 Å². The first-order chi connectivity index (χ1) is 8.70. The van der Waals surface area contributed by atoms with Gasteiger partial charge in [-0.3, -0.25) is 4.90 Å². The highest BCUT2D eigenvalue weighted by Crippen LogP contribution is 2.28. The van der Waals surface area contributed by atoms with E-state index in [0.29, 0.717) is 18.0 Å². The number of carboxylic acids is 1. The van der Waals surface area contributed by atoms with Gasteiger partial charge in [0.2, 0.25) is 0 Å². The molecule has 1 aromatic rings. The number of hydrogen-bond acceptors (Lipinski definition) is 3. The van der Waals surface area contributed by atoms with Crippen LogP contribution in [0.1, 0.15) is 35.2 Å². The summed E-state index contributed by atoms with van der Waals surface area (Å²) in [5, 5.41) is 17.5. The van der Waals surface area contributed by atoms with Gasteiger partial charge in [0.15, 0.2) is 0 Å². The van der Waals surface area contributed by atoms with E-state index < -0.39 is 5.97 Å². The third-order valence-electron chi connectivity index (χ3n) is 3.16. The Morgan fingerprint density at radius 1 is 1.39 bits per heavy atom. The van der Waals surface area contributed by atoms with Crippen LogP contribution in [0.15, 0.2) is 24.3 Å². The molecule has 0 aromatic heterocycles. The molecule has 0 amide bonds. The molecule has 1 aliphatic rings. The summed E-state index contributed by atoms with van der Waals surface area (Å²) in [7, 11) is 0. The number of carboxylic acid groups (broad SMARTS) is 1.